The Bertz CT molecular complexity index is 648. The number of aliphatic hydroxyl groups excluding tert-OH is 1. The maximum atomic E-state index is 12.8. The molecule has 0 heterocycles. The summed E-state index contributed by atoms with van der Waals surface area (Å²) in [6, 6.07) is 15.0. The summed E-state index contributed by atoms with van der Waals surface area (Å²) in [5.74, 6) is -0.215. The van der Waals surface area contributed by atoms with E-state index < -0.39 is 12.2 Å². The first kappa shape index (κ1) is 18.9. The summed E-state index contributed by atoms with van der Waals surface area (Å²) >= 11 is 0. The number of hydrogen-bond acceptors (Lipinski definition) is 4. The maximum absolute atomic E-state index is 12.8. The summed E-state index contributed by atoms with van der Waals surface area (Å²) in [7, 11) is 0. The third kappa shape index (κ3) is 6.91. The molecule has 0 fully saturated rings. The van der Waals surface area contributed by atoms with Gasteiger partial charge in [0.2, 0.25) is 5.91 Å². The molecule has 0 bridgehead atoms. The van der Waals surface area contributed by atoms with E-state index in [0.717, 1.165) is 5.56 Å². The zero-order chi connectivity index (χ0) is 18.1. The van der Waals surface area contributed by atoms with Crippen LogP contribution in [0.15, 0.2) is 54.6 Å². The number of rotatable bonds is 9. The van der Waals surface area contributed by atoms with Crippen LogP contribution in [0.2, 0.25) is 0 Å². The zero-order valence-corrected chi connectivity index (χ0v) is 14.0. The molecule has 6 heteroatoms. The second-order valence-corrected chi connectivity index (χ2v) is 5.60. The Labute approximate surface area is 146 Å². The van der Waals surface area contributed by atoms with Gasteiger partial charge < -0.3 is 19.9 Å². The molecule has 0 spiro atoms. The average Bonchev–Trinajstić information content (AvgIpc) is 2.64. The van der Waals surface area contributed by atoms with Crippen molar-refractivity contribution in [2.45, 2.75) is 25.7 Å². The lowest BCUT2D eigenvalue weighted by Gasteiger charge is -2.16. The highest BCUT2D eigenvalue weighted by atomic mass is 19.1. The first-order valence-corrected chi connectivity index (χ1v) is 8.04. The Morgan fingerprint density at radius 2 is 1.84 bits per heavy atom. The fraction of sp³-hybridized carbons (Fsp3) is 0.316. The molecule has 134 valence electrons. The van der Waals surface area contributed by atoms with Crippen LogP contribution in [0.25, 0.3) is 0 Å². The number of nitrogens with one attached hydrogen (secondary N) is 1. The number of aliphatic hydroxyl groups is 1. The molecule has 0 saturated carbocycles. The molecule has 2 atom stereocenters. The summed E-state index contributed by atoms with van der Waals surface area (Å²) in [6.07, 6.45) is -1.51. The number of hydrogen-bond donors (Lipinski definition) is 2. The Balaban J connectivity index is 1.65. The van der Waals surface area contributed by atoms with Crippen LogP contribution in [0.4, 0.5) is 4.39 Å². The molecule has 0 aliphatic heterocycles. The summed E-state index contributed by atoms with van der Waals surface area (Å²) in [5, 5.41) is 12.5. The molecule has 0 unspecified atom stereocenters. The van der Waals surface area contributed by atoms with Crippen molar-refractivity contribution in [1.82, 2.24) is 5.32 Å². The van der Waals surface area contributed by atoms with Crippen molar-refractivity contribution in [3.8, 4) is 5.75 Å². The van der Waals surface area contributed by atoms with Gasteiger partial charge in [0.15, 0.2) is 0 Å². The minimum atomic E-state index is -0.879. The van der Waals surface area contributed by atoms with Crippen molar-refractivity contribution in [3.63, 3.8) is 0 Å². The molecule has 0 aliphatic rings. The Morgan fingerprint density at radius 3 is 2.52 bits per heavy atom. The van der Waals surface area contributed by atoms with Gasteiger partial charge in [0.25, 0.3) is 0 Å². The smallest absolute Gasteiger partial charge is 0.248 e. The standard InChI is InChI=1S/C19H22FNO4/c1-14(24-12-15-5-3-2-4-6-15)19(23)21-11-17(22)13-25-18-9-7-16(20)8-10-18/h2-10,14,17,22H,11-13H2,1H3,(H,21,23)/t14-,17-/m0/s1. The van der Waals surface area contributed by atoms with E-state index in [1.165, 1.54) is 24.3 Å². The molecule has 0 aliphatic carbocycles. The van der Waals surface area contributed by atoms with E-state index in [4.69, 9.17) is 9.47 Å². The number of benzene rings is 2. The monoisotopic (exact) mass is 347 g/mol. The lowest BCUT2D eigenvalue weighted by atomic mass is 10.2. The molecule has 2 rings (SSSR count). The summed E-state index contributed by atoms with van der Waals surface area (Å²) < 4.78 is 23.6. The highest BCUT2D eigenvalue weighted by Crippen LogP contribution is 2.11. The third-order valence-corrected chi connectivity index (χ3v) is 3.48. The van der Waals surface area contributed by atoms with Gasteiger partial charge in [-0.3, -0.25) is 4.79 Å². The van der Waals surface area contributed by atoms with Crippen molar-refractivity contribution in [2.24, 2.45) is 0 Å². The average molecular weight is 347 g/mol. The molecule has 1 amide bonds. The van der Waals surface area contributed by atoms with Crippen molar-refractivity contribution < 1.29 is 23.8 Å². The van der Waals surface area contributed by atoms with E-state index in [0.29, 0.717) is 12.4 Å². The minimum Gasteiger partial charge on any atom is -0.491 e. The second-order valence-electron chi connectivity index (χ2n) is 5.60. The minimum absolute atomic E-state index is 0.00876. The van der Waals surface area contributed by atoms with Gasteiger partial charge in [-0.2, -0.15) is 0 Å². The van der Waals surface area contributed by atoms with Gasteiger partial charge in [0.05, 0.1) is 6.61 Å². The normalized spacial score (nSPS) is 13.1. The van der Waals surface area contributed by atoms with E-state index in [2.05, 4.69) is 5.32 Å². The lowest BCUT2D eigenvalue weighted by Crippen LogP contribution is -2.40. The SMILES string of the molecule is C[C@H](OCc1ccccc1)C(=O)NC[C@H](O)COc1ccc(F)cc1. The molecule has 0 saturated heterocycles. The molecule has 5 nitrogen and oxygen atoms in total. The first-order chi connectivity index (χ1) is 12.0. The third-order valence-electron chi connectivity index (χ3n) is 3.48. The number of ether oxygens (including phenoxy) is 2. The molecule has 2 aromatic rings. The van der Waals surface area contributed by atoms with Crippen LogP contribution < -0.4 is 10.1 Å². The van der Waals surface area contributed by atoms with E-state index in [1.54, 1.807) is 6.92 Å². The van der Waals surface area contributed by atoms with Crippen molar-refractivity contribution in [2.75, 3.05) is 13.2 Å². The number of carbonyl (C=O) groups excluding carboxylic acids is 1. The van der Waals surface area contributed by atoms with E-state index >= 15 is 0 Å². The fourth-order valence-electron chi connectivity index (χ4n) is 2.02. The second kappa shape index (κ2) is 9.76. The largest absolute Gasteiger partial charge is 0.491 e. The van der Waals surface area contributed by atoms with Crippen molar-refractivity contribution in [1.29, 1.82) is 0 Å². The van der Waals surface area contributed by atoms with E-state index in [-0.39, 0.29) is 24.9 Å². The van der Waals surface area contributed by atoms with Crippen molar-refractivity contribution >= 4 is 5.91 Å². The number of amides is 1. The molecule has 2 aromatic carbocycles. The van der Waals surface area contributed by atoms with Gasteiger partial charge >= 0.3 is 0 Å². The lowest BCUT2D eigenvalue weighted by molar-refractivity contribution is -0.133. The van der Waals surface area contributed by atoms with Crippen LogP contribution >= 0.6 is 0 Å². The van der Waals surface area contributed by atoms with Gasteiger partial charge in [-0.05, 0) is 36.8 Å². The predicted molar refractivity (Wildman–Crippen MR) is 91.6 cm³/mol. The van der Waals surface area contributed by atoms with Gasteiger partial charge in [-0.25, -0.2) is 4.39 Å². The van der Waals surface area contributed by atoms with Crippen LogP contribution in [0, 0.1) is 5.82 Å². The molecule has 0 aromatic heterocycles. The molecular formula is C19H22FNO4. The van der Waals surface area contributed by atoms with Crippen LogP contribution in [0.1, 0.15) is 12.5 Å². The topological polar surface area (TPSA) is 67.8 Å². The summed E-state index contributed by atoms with van der Waals surface area (Å²) in [4.78, 5) is 12.0. The number of halogens is 1. The summed E-state index contributed by atoms with van der Waals surface area (Å²) in [6.45, 7) is 2.02. The van der Waals surface area contributed by atoms with Crippen molar-refractivity contribution in [3.05, 3.63) is 66.0 Å². The zero-order valence-electron chi connectivity index (χ0n) is 14.0. The predicted octanol–water partition coefficient (Wildman–Crippen LogP) is 2.29. The Morgan fingerprint density at radius 1 is 1.16 bits per heavy atom. The summed E-state index contributed by atoms with van der Waals surface area (Å²) in [5.41, 5.74) is 0.981. The quantitative estimate of drug-likeness (QED) is 0.730. The molecule has 2 N–H and O–H groups in total. The molecule has 0 radical (unpaired) electrons. The fourth-order valence-corrected chi connectivity index (χ4v) is 2.02. The maximum Gasteiger partial charge on any atom is 0.248 e. The van der Waals surface area contributed by atoms with Gasteiger partial charge in [0, 0.05) is 6.54 Å². The van der Waals surface area contributed by atoms with Crippen LogP contribution in [-0.2, 0) is 16.1 Å². The van der Waals surface area contributed by atoms with Gasteiger partial charge in [0.1, 0.15) is 30.4 Å². The Hall–Kier alpha value is -2.44. The highest BCUT2D eigenvalue weighted by molar-refractivity contribution is 5.80. The highest BCUT2D eigenvalue weighted by Gasteiger charge is 2.15. The molecular weight excluding hydrogens is 325 g/mol. The van der Waals surface area contributed by atoms with E-state index in [9.17, 15) is 14.3 Å². The van der Waals surface area contributed by atoms with Crippen LogP contribution in [0.3, 0.4) is 0 Å². The molecule has 25 heavy (non-hydrogen) atoms. The number of carbonyl (C=O) groups is 1. The van der Waals surface area contributed by atoms with Gasteiger partial charge in [-0.1, -0.05) is 30.3 Å². The van der Waals surface area contributed by atoms with Crippen LogP contribution in [-0.4, -0.2) is 36.4 Å². The van der Waals surface area contributed by atoms with Gasteiger partial charge in [-0.15, -0.1) is 0 Å². The van der Waals surface area contributed by atoms with E-state index in [1.807, 2.05) is 30.3 Å². The first-order valence-electron chi connectivity index (χ1n) is 8.04. The van der Waals surface area contributed by atoms with Crippen LogP contribution in [0.5, 0.6) is 5.75 Å². The Kier molecular flexibility index (Phi) is 7.37.